The molecule has 0 unspecified atom stereocenters. The third kappa shape index (κ3) is 4.27. The average Bonchev–Trinajstić information content (AvgIpc) is 2.71. The number of hydrogen-bond acceptors (Lipinski definition) is 4. The molecule has 4 nitrogen and oxygen atoms in total. The van der Waals surface area contributed by atoms with E-state index < -0.39 is 0 Å². The third-order valence-electron chi connectivity index (χ3n) is 4.03. The monoisotopic (exact) mass is 530 g/mol. The minimum atomic E-state index is 0. The molecule has 0 spiro atoms. The van der Waals surface area contributed by atoms with Crippen molar-refractivity contribution in [1.29, 1.82) is 0 Å². The summed E-state index contributed by atoms with van der Waals surface area (Å²) in [6.07, 6.45) is 6.56. The normalized spacial score (nSPS) is 10.1. The molecule has 4 rings (SSSR count). The summed E-state index contributed by atoms with van der Waals surface area (Å²) in [7, 11) is 0. The van der Waals surface area contributed by atoms with Gasteiger partial charge in [0.25, 0.3) is 0 Å². The molecular weight excluding hydrogens is 512 g/mol. The fourth-order valence-electron chi connectivity index (χ4n) is 2.79. The Morgan fingerprint density at radius 1 is 0.778 bits per heavy atom. The molecule has 0 saturated heterocycles. The second kappa shape index (κ2) is 8.67. The van der Waals surface area contributed by atoms with E-state index in [4.69, 9.17) is 0 Å². The smallest absolute Gasteiger partial charge is 0.0461 e. The summed E-state index contributed by atoms with van der Waals surface area (Å²) < 4.78 is 0. The fourth-order valence-corrected chi connectivity index (χ4v) is 2.79. The zero-order chi connectivity index (χ0) is 17.8. The molecule has 1 radical (unpaired) electrons. The van der Waals surface area contributed by atoms with Crippen molar-refractivity contribution in [3.8, 4) is 11.3 Å². The van der Waals surface area contributed by atoms with Crippen LogP contribution in [0.5, 0.6) is 0 Å². The number of rotatable bonds is 4. The molecule has 0 aliphatic rings. The van der Waals surface area contributed by atoms with Crippen molar-refractivity contribution >= 4 is 17.1 Å². The molecule has 0 fully saturated rings. The number of nitrogens with zero attached hydrogens (tertiary/aromatic N) is 4. The summed E-state index contributed by atoms with van der Waals surface area (Å²) in [6, 6.07) is 24.6. The molecule has 2 heterocycles. The number of hydrogen-bond donors (Lipinski definition) is 0. The van der Waals surface area contributed by atoms with Crippen molar-refractivity contribution in [3.63, 3.8) is 0 Å². The van der Waals surface area contributed by atoms with Crippen LogP contribution >= 0.6 is 0 Å². The predicted octanol–water partition coefficient (Wildman–Crippen LogP) is 5.11. The van der Waals surface area contributed by atoms with Crippen LogP contribution < -0.4 is 4.90 Å². The van der Waals surface area contributed by atoms with Crippen LogP contribution in [-0.4, -0.2) is 15.0 Å². The van der Waals surface area contributed by atoms with Crippen molar-refractivity contribution in [3.05, 3.63) is 97.2 Å². The Balaban J connectivity index is 0.00000210. The van der Waals surface area contributed by atoms with Gasteiger partial charge in [0.15, 0.2) is 0 Å². The molecule has 135 valence electrons. The number of benzene rings is 2. The zero-order valence-corrected chi connectivity index (χ0v) is 17.1. The third-order valence-corrected chi connectivity index (χ3v) is 4.03. The van der Waals surface area contributed by atoms with Crippen LogP contribution in [0.3, 0.4) is 0 Å². The van der Waals surface area contributed by atoms with Gasteiger partial charge in [-0.05, 0) is 49.1 Å². The summed E-state index contributed by atoms with van der Waals surface area (Å²) in [6.45, 7) is 1.84. The fraction of sp³-hybridized carbons (Fsp3) is 0.0455. The van der Waals surface area contributed by atoms with E-state index in [9.17, 15) is 0 Å². The van der Waals surface area contributed by atoms with Gasteiger partial charge >= 0.3 is 0 Å². The number of para-hydroxylation sites is 2. The zero-order valence-electron chi connectivity index (χ0n) is 14.7. The van der Waals surface area contributed by atoms with E-state index in [2.05, 4.69) is 50.3 Å². The topological polar surface area (TPSA) is 41.9 Å². The van der Waals surface area contributed by atoms with E-state index in [0.717, 1.165) is 28.3 Å². The van der Waals surface area contributed by atoms with Gasteiger partial charge in [-0.15, -0.1) is 0 Å². The summed E-state index contributed by atoms with van der Waals surface area (Å²) in [5.41, 5.74) is 4.75. The molecule has 2 aromatic heterocycles. The van der Waals surface area contributed by atoms with E-state index >= 15 is 0 Å². The first-order valence-electron chi connectivity index (χ1n) is 8.39. The van der Waals surface area contributed by atoms with Crippen LogP contribution in [0.25, 0.3) is 11.3 Å². The van der Waals surface area contributed by atoms with Gasteiger partial charge < -0.3 is 19.9 Å². The van der Waals surface area contributed by atoms with E-state index in [1.807, 2.05) is 55.5 Å². The Bertz CT molecular complexity index is 950. The molecule has 0 saturated carbocycles. The van der Waals surface area contributed by atoms with E-state index in [1.54, 1.807) is 12.4 Å². The average molecular weight is 530 g/mol. The number of anilines is 3. The van der Waals surface area contributed by atoms with Gasteiger partial charge in [-0.3, -0.25) is 0 Å². The van der Waals surface area contributed by atoms with Gasteiger partial charge in [-0.2, -0.15) is 0 Å². The van der Waals surface area contributed by atoms with Crippen LogP contribution in [0, 0.1) is 13.1 Å². The minimum absolute atomic E-state index is 0. The van der Waals surface area contributed by atoms with Crippen molar-refractivity contribution in [1.82, 2.24) is 15.0 Å². The molecule has 0 aliphatic carbocycles. The molecule has 0 atom stereocenters. The maximum atomic E-state index is 4.47. The van der Waals surface area contributed by atoms with Crippen LogP contribution in [0.4, 0.5) is 17.1 Å². The Labute approximate surface area is 172 Å². The second-order valence-corrected chi connectivity index (χ2v) is 5.85. The van der Waals surface area contributed by atoms with Crippen LogP contribution in [0.15, 0.2) is 85.2 Å². The van der Waals surface area contributed by atoms with Gasteiger partial charge in [0.2, 0.25) is 0 Å². The summed E-state index contributed by atoms with van der Waals surface area (Å²) in [5, 5.41) is 0. The number of aryl methyl sites for hydroxylation is 1. The molecule has 0 aliphatic heterocycles. The van der Waals surface area contributed by atoms with Crippen LogP contribution in [0.2, 0.25) is 0 Å². The maximum Gasteiger partial charge on any atom is 0.0461 e. The SMILES string of the molecule is Cc1n[c-]c(-c2cc(N(c3ccccc3)c3ccccc3)ccn2)cn1.[Ir]. The first-order valence-corrected chi connectivity index (χ1v) is 8.39. The predicted molar refractivity (Wildman–Crippen MR) is 104 cm³/mol. The maximum absolute atomic E-state index is 4.47. The van der Waals surface area contributed by atoms with Crippen molar-refractivity contribution in [2.45, 2.75) is 6.92 Å². The van der Waals surface area contributed by atoms with Crippen molar-refractivity contribution in [2.75, 3.05) is 4.90 Å². The Hall–Kier alpha value is -2.88. The summed E-state index contributed by atoms with van der Waals surface area (Å²) >= 11 is 0. The number of aromatic nitrogens is 3. The van der Waals surface area contributed by atoms with E-state index in [-0.39, 0.29) is 20.1 Å². The first kappa shape index (κ1) is 18.9. The standard InChI is InChI=1S/C22H17N4.Ir/c1-17-24-15-18(16-25-17)22-14-21(12-13-23-22)26(19-8-4-2-5-9-19)20-10-6-3-7-11-20;/h2-15H,1H3;/q-1;. The van der Waals surface area contributed by atoms with Gasteiger partial charge in [0.1, 0.15) is 0 Å². The quantitative estimate of drug-likeness (QED) is 0.345. The Morgan fingerprint density at radius 3 is 1.96 bits per heavy atom. The summed E-state index contributed by atoms with van der Waals surface area (Å²) in [4.78, 5) is 15.1. The molecule has 5 heteroatoms. The van der Waals surface area contributed by atoms with Gasteiger partial charge in [0.05, 0.1) is 0 Å². The summed E-state index contributed by atoms with van der Waals surface area (Å²) in [5.74, 6) is 0.695. The first-order chi connectivity index (χ1) is 12.8. The van der Waals surface area contributed by atoms with E-state index in [0.29, 0.717) is 5.82 Å². The van der Waals surface area contributed by atoms with Crippen molar-refractivity contribution < 1.29 is 20.1 Å². The van der Waals surface area contributed by atoms with Gasteiger partial charge in [-0.1, -0.05) is 54.2 Å². The molecule has 4 aromatic rings. The number of pyridine rings is 1. The molecule has 0 amide bonds. The van der Waals surface area contributed by atoms with Crippen molar-refractivity contribution in [2.24, 2.45) is 0 Å². The van der Waals surface area contributed by atoms with Gasteiger partial charge in [-0.25, -0.2) is 0 Å². The molecule has 0 bridgehead atoms. The molecular formula is C22H17IrN4-. The molecule has 27 heavy (non-hydrogen) atoms. The molecule has 2 aromatic carbocycles. The second-order valence-electron chi connectivity index (χ2n) is 5.85. The largest absolute Gasteiger partial charge is 0.338 e. The minimum Gasteiger partial charge on any atom is -0.338 e. The molecule has 0 N–H and O–H groups in total. The van der Waals surface area contributed by atoms with Crippen LogP contribution in [0.1, 0.15) is 5.82 Å². The Morgan fingerprint density at radius 2 is 1.41 bits per heavy atom. The van der Waals surface area contributed by atoms with E-state index in [1.165, 1.54) is 0 Å². The Kier molecular flexibility index (Phi) is 6.07. The van der Waals surface area contributed by atoms with Gasteiger partial charge in [0, 0.05) is 49.2 Å². The van der Waals surface area contributed by atoms with Crippen LogP contribution in [-0.2, 0) is 20.1 Å².